The van der Waals surface area contributed by atoms with Gasteiger partial charge in [0.2, 0.25) is 0 Å². The second kappa shape index (κ2) is 13.0. The summed E-state index contributed by atoms with van der Waals surface area (Å²) in [6, 6.07) is 62.5. The van der Waals surface area contributed by atoms with Gasteiger partial charge in [-0.3, -0.25) is 4.98 Å². The Morgan fingerprint density at radius 2 is 0.911 bits per heavy atom. The average Bonchev–Trinajstić information content (AvgIpc) is 3.85. The van der Waals surface area contributed by atoms with E-state index in [-0.39, 0.29) is 0 Å². The fraction of sp³-hybridized carbons (Fsp3) is 0. The summed E-state index contributed by atoms with van der Waals surface area (Å²) in [6.45, 7) is 0. The van der Waals surface area contributed by atoms with Crippen LogP contribution < -0.4 is 0 Å². The van der Waals surface area contributed by atoms with Crippen LogP contribution >= 0.6 is 0 Å². The summed E-state index contributed by atoms with van der Waals surface area (Å²) in [7, 11) is 0. The van der Waals surface area contributed by atoms with Gasteiger partial charge < -0.3 is 8.83 Å². The Hall–Kier alpha value is -7.63. The molecular formula is C51H31N3O2. The van der Waals surface area contributed by atoms with Crippen LogP contribution in [0.25, 0.3) is 111 Å². The van der Waals surface area contributed by atoms with Gasteiger partial charge in [-0.05, 0) is 65.2 Å². The summed E-state index contributed by atoms with van der Waals surface area (Å²) >= 11 is 0. The number of aromatic nitrogens is 3. The van der Waals surface area contributed by atoms with Gasteiger partial charge in [0.15, 0.2) is 5.82 Å². The quantitative estimate of drug-likeness (QED) is 0.171. The lowest BCUT2D eigenvalue weighted by molar-refractivity contribution is 0.669. The lowest BCUT2D eigenvalue weighted by Gasteiger charge is -2.11. The predicted octanol–water partition coefficient (Wildman–Crippen LogP) is 13.7. The second-order valence-corrected chi connectivity index (χ2v) is 14.0. The van der Waals surface area contributed by atoms with Gasteiger partial charge in [0.05, 0.1) is 17.1 Å². The normalized spacial score (nSPS) is 11.6. The summed E-state index contributed by atoms with van der Waals surface area (Å²) in [5, 5.41) is 4.38. The Kier molecular flexibility index (Phi) is 7.42. The van der Waals surface area contributed by atoms with E-state index in [4.69, 9.17) is 18.8 Å². The van der Waals surface area contributed by atoms with Crippen LogP contribution in [0.15, 0.2) is 197 Å². The number of fused-ring (bicyclic) bond motifs is 6. The average molecular weight is 718 g/mol. The number of rotatable bonds is 6. The molecule has 0 radical (unpaired) electrons. The van der Waals surface area contributed by atoms with Crippen molar-refractivity contribution in [3.05, 3.63) is 188 Å². The van der Waals surface area contributed by atoms with Crippen molar-refractivity contribution < 1.29 is 8.83 Å². The molecule has 4 aromatic heterocycles. The third-order valence-electron chi connectivity index (χ3n) is 10.6. The van der Waals surface area contributed by atoms with Crippen molar-refractivity contribution in [2.24, 2.45) is 0 Å². The van der Waals surface area contributed by atoms with Gasteiger partial charge in [-0.25, -0.2) is 9.97 Å². The smallest absolute Gasteiger partial charge is 0.160 e. The molecule has 262 valence electrons. The minimum absolute atomic E-state index is 0.660. The first kappa shape index (κ1) is 31.9. The molecule has 0 aliphatic rings. The molecule has 0 spiro atoms. The Bertz CT molecular complexity index is 3220. The van der Waals surface area contributed by atoms with Crippen LogP contribution in [0.2, 0.25) is 0 Å². The number of benzene rings is 7. The second-order valence-electron chi connectivity index (χ2n) is 14.0. The molecule has 0 saturated carbocycles. The zero-order chi connectivity index (χ0) is 37.0. The van der Waals surface area contributed by atoms with Gasteiger partial charge in [0.1, 0.15) is 22.3 Å². The maximum absolute atomic E-state index is 6.68. The van der Waals surface area contributed by atoms with E-state index in [1.165, 1.54) is 0 Å². The summed E-state index contributed by atoms with van der Waals surface area (Å²) in [5.41, 5.74) is 14.5. The fourth-order valence-corrected chi connectivity index (χ4v) is 7.81. The van der Waals surface area contributed by atoms with Crippen LogP contribution in [0.3, 0.4) is 0 Å². The molecular weight excluding hydrogens is 687 g/mol. The van der Waals surface area contributed by atoms with Crippen molar-refractivity contribution in [2.75, 3.05) is 0 Å². The zero-order valence-corrected chi connectivity index (χ0v) is 30.1. The van der Waals surface area contributed by atoms with E-state index in [1.807, 2.05) is 66.9 Å². The number of para-hydroxylation sites is 2. The molecule has 0 saturated heterocycles. The Morgan fingerprint density at radius 1 is 0.339 bits per heavy atom. The minimum atomic E-state index is 0.660. The highest BCUT2D eigenvalue weighted by molar-refractivity contribution is 6.17. The van der Waals surface area contributed by atoms with Gasteiger partial charge in [0.25, 0.3) is 0 Å². The van der Waals surface area contributed by atoms with Crippen molar-refractivity contribution in [3.63, 3.8) is 0 Å². The molecule has 0 N–H and O–H groups in total. The van der Waals surface area contributed by atoms with E-state index in [0.717, 1.165) is 105 Å². The molecule has 11 aromatic rings. The minimum Gasteiger partial charge on any atom is -0.456 e. The molecule has 0 unspecified atom stereocenters. The molecule has 5 heteroatoms. The van der Waals surface area contributed by atoms with Gasteiger partial charge >= 0.3 is 0 Å². The lowest BCUT2D eigenvalue weighted by atomic mass is 9.93. The highest BCUT2D eigenvalue weighted by atomic mass is 16.3. The number of nitrogens with zero attached hydrogens (tertiary/aromatic N) is 3. The molecule has 4 heterocycles. The Balaban J connectivity index is 1.00. The first-order chi connectivity index (χ1) is 27.7. The van der Waals surface area contributed by atoms with E-state index in [0.29, 0.717) is 5.82 Å². The van der Waals surface area contributed by atoms with Gasteiger partial charge in [-0.1, -0.05) is 133 Å². The number of hydrogen-bond acceptors (Lipinski definition) is 5. The van der Waals surface area contributed by atoms with E-state index < -0.39 is 0 Å². The summed E-state index contributed by atoms with van der Waals surface area (Å²) in [4.78, 5) is 14.7. The SMILES string of the molecule is c1ccc(-c2cc(-c3ccc(-c4ccccn4)cc3)nc(-c3ccc(-c4ccc(-c5ccc6oc7ccccc7c6c5)c5c4oc4ccccc45)cc3)n2)cc1. The predicted molar refractivity (Wildman–Crippen MR) is 227 cm³/mol. The van der Waals surface area contributed by atoms with Crippen LogP contribution in [0.4, 0.5) is 0 Å². The van der Waals surface area contributed by atoms with Crippen molar-refractivity contribution in [1.29, 1.82) is 0 Å². The number of pyridine rings is 1. The van der Waals surface area contributed by atoms with Crippen LogP contribution in [-0.4, -0.2) is 15.0 Å². The highest BCUT2D eigenvalue weighted by Gasteiger charge is 2.19. The van der Waals surface area contributed by atoms with E-state index in [1.54, 1.807) is 0 Å². The lowest BCUT2D eigenvalue weighted by Crippen LogP contribution is -1.96. The van der Waals surface area contributed by atoms with Crippen molar-refractivity contribution >= 4 is 43.9 Å². The molecule has 11 rings (SSSR count). The molecule has 56 heavy (non-hydrogen) atoms. The maximum Gasteiger partial charge on any atom is 0.160 e. The molecule has 0 atom stereocenters. The summed E-state index contributed by atoms with van der Waals surface area (Å²) in [5.74, 6) is 0.660. The number of furan rings is 2. The fourth-order valence-electron chi connectivity index (χ4n) is 7.81. The monoisotopic (exact) mass is 717 g/mol. The van der Waals surface area contributed by atoms with E-state index in [9.17, 15) is 0 Å². The maximum atomic E-state index is 6.68. The van der Waals surface area contributed by atoms with Crippen molar-refractivity contribution in [3.8, 4) is 67.4 Å². The number of hydrogen-bond donors (Lipinski definition) is 0. The van der Waals surface area contributed by atoms with E-state index in [2.05, 4.69) is 126 Å². The molecule has 0 aliphatic heterocycles. The molecule has 5 nitrogen and oxygen atoms in total. The molecule has 0 aliphatic carbocycles. The molecule has 0 fully saturated rings. The van der Waals surface area contributed by atoms with Gasteiger partial charge in [-0.2, -0.15) is 0 Å². The Labute approximate surface area is 322 Å². The van der Waals surface area contributed by atoms with Crippen LogP contribution in [0.1, 0.15) is 0 Å². The van der Waals surface area contributed by atoms with Crippen LogP contribution in [-0.2, 0) is 0 Å². The van der Waals surface area contributed by atoms with Crippen molar-refractivity contribution in [2.45, 2.75) is 0 Å². The molecule has 0 amide bonds. The third-order valence-corrected chi connectivity index (χ3v) is 10.6. The first-order valence-electron chi connectivity index (χ1n) is 18.7. The summed E-state index contributed by atoms with van der Waals surface area (Å²) < 4.78 is 12.8. The molecule has 7 aromatic carbocycles. The zero-order valence-electron chi connectivity index (χ0n) is 30.1. The molecule has 0 bridgehead atoms. The summed E-state index contributed by atoms with van der Waals surface area (Å²) in [6.07, 6.45) is 1.82. The van der Waals surface area contributed by atoms with E-state index >= 15 is 0 Å². The van der Waals surface area contributed by atoms with Crippen LogP contribution in [0.5, 0.6) is 0 Å². The topological polar surface area (TPSA) is 65.0 Å². The Morgan fingerprint density at radius 3 is 1.66 bits per heavy atom. The van der Waals surface area contributed by atoms with Gasteiger partial charge in [0, 0.05) is 55.6 Å². The highest BCUT2D eigenvalue weighted by Crippen LogP contribution is 2.43. The van der Waals surface area contributed by atoms with Crippen LogP contribution in [0, 0.1) is 0 Å². The van der Waals surface area contributed by atoms with Crippen molar-refractivity contribution in [1.82, 2.24) is 15.0 Å². The third kappa shape index (κ3) is 5.45. The first-order valence-corrected chi connectivity index (χ1v) is 18.7. The standard InChI is InChI=1S/C51H31N3O2/c1-2-10-33(11-3-1)44-31-45(35-21-19-34(20-22-35)43-14-8-9-29-52-43)54-51(53-44)36-23-17-32(18-24-36)39-27-26-38(49-41-13-5-7-16-47(41)56-50(39)49)37-25-28-48-42(30-37)40-12-4-6-15-46(40)55-48/h1-31H. The largest absolute Gasteiger partial charge is 0.456 e. The van der Waals surface area contributed by atoms with Gasteiger partial charge in [-0.15, -0.1) is 0 Å².